The zero-order valence-corrected chi connectivity index (χ0v) is 8.69. The molecule has 15 heavy (non-hydrogen) atoms. The Morgan fingerprint density at radius 3 is 2.60 bits per heavy atom. The number of nitrogens with zero attached hydrogens (tertiary/aromatic N) is 1. The van der Waals surface area contributed by atoms with Crippen molar-refractivity contribution in [1.82, 2.24) is 10.2 Å². The monoisotopic (exact) mass is 214 g/mol. The molecule has 2 N–H and O–H groups in total. The van der Waals surface area contributed by atoms with Crippen molar-refractivity contribution in [2.45, 2.75) is 31.8 Å². The van der Waals surface area contributed by atoms with Crippen molar-refractivity contribution in [2.75, 3.05) is 7.05 Å². The maximum atomic E-state index is 11.3. The van der Waals surface area contributed by atoms with E-state index in [1.807, 2.05) is 0 Å². The zero-order chi connectivity index (χ0) is 11.6. The Morgan fingerprint density at radius 1 is 1.67 bits per heavy atom. The van der Waals surface area contributed by atoms with Gasteiger partial charge in [-0.25, -0.2) is 0 Å². The highest BCUT2D eigenvalue weighted by molar-refractivity contribution is 6.05. The second-order valence-corrected chi connectivity index (χ2v) is 3.56. The molecule has 0 aromatic rings. The van der Waals surface area contributed by atoms with Crippen molar-refractivity contribution >= 4 is 17.8 Å². The van der Waals surface area contributed by atoms with Crippen LogP contribution in [0.1, 0.15) is 19.8 Å². The van der Waals surface area contributed by atoms with Crippen molar-refractivity contribution in [3.63, 3.8) is 0 Å². The predicted octanol–water partition coefficient (Wildman–Crippen LogP) is -0.803. The molecule has 0 radical (unpaired) electrons. The van der Waals surface area contributed by atoms with Gasteiger partial charge in [0.05, 0.1) is 12.5 Å². The molecule has 1 rings (SSSR count). The molecule has 2 atom stereocenters. The van der Waals surface area contributed by atoms with Crippen molar-refractivity contribution in [2.24, 2.45) is 0 Å². The third-order valence-corrected chi connectivity index (χ3v) is 2.60. The second kappa shape index (κ2) is 4.39. The Morgan fingerprint density at radius 2 is 2.27 bits per heavy atom. The summed E-state index contributed by atoms with van der Waals surface area (Å²) in [6.07, 6.45) is 0.433. The van der Waals surface area contributed by atoms with Crippen LogP contribution in [0.25, 0.3) is 0 Å². The number of amides is 2. The van der Waals surface area contributed by atoms with E-state index in [0.29, 0.717) is 6.42 Å². The maximum absolute atomic E-state index is 11.3. The molecule has 0 aromatic carbocycles. The smallest absolute Gasteiger partial charge is 0.320 e. The van der Waals surface area contributed by atoms with Crippen molar-refractivity contribution in [1.29, 1.82) is 0 Å². The van der Waals surface area contributed by atoms with E-state index in [1.54, 1.807) is 14.0 Å². The number of nitrogens with one attached hydrogen (secondary N) is 1. The molecule has 1 fully saturated rings. The first kappa shape index (κ1) is 11.6. The van der Waals surface area contributed by atoms with Crippen LogP contribution in [-0.4, -0.2) is 46.9 Å². The van der Waals surface area contributed by atoms with Crippen LogP contribution in [-0.2, 0) is 14.4 Å². The fraction of sp³-hybridized carbons (Fsp3) is 0.667. The lowest BCUT2D eigenvalue weighted by atomic mass is 10.1. The molecule has 1 saturated heterocycles. The average molecular weight is 214 g/mol. The third-order valence-electron chi connectivity index (χ3n) is 2.60. The van der Waals surface area contributed by atoms with Gasteiger partial charge in [0.1, 0.15) is 6.04 Å². The van der Waals surface area contributed by atoms with Gasteiger partial charge in [-0.2, -0.15) is 0 Å². The van der Waals surface area contributed by atoms with Gasteiger partial charge in [0.25, 0.3) is 0 Å². The predicted molar refractivity (Wildman–Crippen MR) is 51.0 cm³/mol. The van der Waals surface area contributed by atoms with E-state index in [4.69, 9.17) is 5.11 Å². The number of hydrogen-bond donors (Lipinski definition) is 2. The third kappa shape index (κ3) is 2.33. The van der Waals surface area contributed by atoms with Crippen molar-refractivity contribution in [3.8, 4) is 0 Å². The first-order valence-corrected chi connectivity index (χ1v) is 4.75. The molecular weight excluding hydrogens is 200 g/mol. The number of carbonyl (C=O) groups is 3. The Kier molecular flexibility index (Phi) is 3.41. The minimum atomic E-state index is -0.979. The van der Waals surface area contributed by atoms with Crippen LogP contribution in [0.5, 0.6) is 0 Å². The van der Waals surface area contributed by atoms with Gasteiger partial charge in [0.15, 0.2) is 0 Å². The summed E-state index contributed by atoms with van der Waals surface area (Å²) in [6.45, 7) is 1.73. The molecule has 6 nitrogen and oxygen atoms in total. The molecule has 2 unspecified atom stereocenters. The number of hydrogen-bond acceptors (Lipinski definition) is 4. The summed E-state index contributed by atoms with van der Waals surface area (Å²) in [7, 11) is 1.55. The largest absolute Gasteiger partial charge is 0.480 e. The molecule has 1 heterocycles. The Labute approximate surface area is 87.2 Å². The number of likely N-dealkylation sites (N-methyl/N-ethyl adjacent to an activating group) is 1. The highest BCUT2D eigenvalue weighted by atomic mass is 16.4. The van der Waals surface area contributed by atoms with Crippen LogP contribution in [0, 0.1) is 0 Å². The van der Waals surface area contributed by atoms with E-state index < -0.39 is 24.0 Å². The molecular formula is C9H14N2O4. The van der Waals surface area contributed by atoms with Crippen LogP contribution >= 0.6 is 0 Å². The second-order valence-electron chi connectivity index (χ2n) is 3.56. The van der Waals surface area contributed by atoms with Crippen LogP contribution < -0.4 is 5.32 Å². The van der Waals surface area contributed by atoms with E-state index in [0.717, 1.165) is 0 Å². The lowest BCUT2D eigenvalue weighted by Gasteiger charge is -2.27. The Balaban J connectivity index is 2.74. The van der Waals surface area contributed by atoms with Gasteiger partial charge >= 0.3 is 5.97 Å². The first-order chi connectivity index (χ1) is 6.97. The summed E-state index contributed by atoms with van der Waals surface area (Å²) in [5.74, 6) is -1.74. The molecule has 0 aromatic heterocycles. The van der Waals surface area contributed by atoms with Gasteiger partial charge in [0.2, 0.25) is 11.8 Å². The summed E-state index contributed by atoms with van der Waals surface area (Å²) in [4.78, 5) is 34.5. The molecule has 6 heteroatoms. The van der Waals surface area contributed by atoms with Crippen LogP contribution in [0.2, 0.25) is 0 Å². The molecule has 0 spiro atoms. The van der Waals surface area contributed by atoms with E-state index in [2.05, 4.69) is 5.32 Å². The standard InChI is InChI=1S/C9H14N2O4/c1-3-5(9(14)15)11(2)6-4-7(12)10-8(6)13/h5-6H,3-4H2,1-2H3,(H,14,15)(H,10,12,13). The normalized spacial score (nSPS) is 23.0. The number of carboxylic acid groups (broad SMARTS) is 1. The number of rotatable bonds is 4. The van der Waals surface area contributed by atoms with Gasteiger partial charge < -0.3 is 5.11 Å². The van der Waals surface area contributed by atoms with Crippen LogP contribution in [0.3, 0.4) is 0 Å². The Bertz CT molecular complexity index is 302. The number of carboxylic acids is 1. The summed E-state index contributed by atoms with van der Waals surface area (Å²) >= 11 is 0. The summed E-state index contributed by atoms with van der Waals surface area (Å²) in [5, 5.41) is 11.1. The van der Waals surface area contributed by atoms with Gasteiger partial charge in [-0.3, -0.25) is 24.6 Å². The molecule has 0 saturated carbocycles. The zero-order valence-electron chi connectivity index (χ0n) is 8.69. The van der Waals surface area contributed by atoms with Gasteiger partial charge in [0, 0.05) is 0 Å². The van der Waals surface area contributed by atoms with E-state index in [1.165, 1.54) is 4.90 Å². The van der Waals surface area contributed by atoms with Crippen molar-refractivity contribution in [3.05, 3.63) is 0 Å². The fourth-order valence-electron chi connectivity index (χ4n) is 1.72. The molecule has 0 bridgehead atoms. The Hall–Kier alpha value is -1.43. The molecule has 1 aliphatic heterocycles. The molecule has 2 amide bonds. The maximum Gasteiger partial charge on any atom is 0.320 e. The number of imide groups is 1. The van der Waals surface area contributed by atoms with Crippen LogP contribution in [0.15, 0.2) is 0 Å². The highest BCUT2D eigenvalue weighted by Gasteiger charge is 2.37. The SMILES string of the molecule is CCC(C(=O)O)N(C)C1CC(=O)NC1=O. The topological polar surface area (TPSA) is 86.7 Å². The first-order valence-electron chi connectivity index (χ1n) is 4.75. The summed E-state index contributed by atoms with van der Waals surface area (Å²) < 4.78 is 0. The molecule has 0 aliphatic carbocycles. The summed E-state index contributed by atoms with van der Waals surface area (Å²) in [6, 6.07) is -1.38. The van der Waals surface area contributed by atoms with Gasteiger partial charge in [-0.05, 0) is 13.5 Å². The lowest BCUT2D eigenvalue weighted by molar-refractivity contribution is -0.144. The number of carbonyl (C=O) groups excluding carboxylic acids is 2. The van der Waals surface area contributed by atoms with E-state index in [9.17, 15) is 14.4 Å². The fourth-order valence-corrected chi connectivity index (χ4v) is 1.72. The van der Waals surface area contributed by atoms with Crippen molar-refractivity contribution < 1.29 is 19.5 Å². The van der Waals surface area contributed by atoms with Crippen LogP contribution in [0.4, 0.5) is 0 Å². The number of aliphatic carboxylic acids is 1. The van der Waals surface area contributed by atoms with E-state index in [-0.39, 0.29) is 12.3 Å². The average Bonchev–Trinajstić information content (AvgIpc) is 2.45. The minimum absolute atomic E-state index is 0.0408. The summed E-state index contributed by atoms with van der Waals surface area (Å²) in [5.41, 5.74) is 0. The lowest BCUT2D eigenvalue weighted by Crippen LogP contribution is -2.47. The molecule has 1 aliphatic rings. The highest BCUT2D eigenvalue weighted by Crippen LogP contribution is 2.14. The van der Waals surface area contributed by atoms with Gasteiger partial charge in [-0.15, -0.1) is 0 Å². The quantitative estimate of drug-likeness (QED) is 0.598. The van der Waals surface area contributed by atoms with Gasteiger partial charge in [-0.1, -0.05) is 6.92 Å². The van der Waals surface area contributed by atoms with E-state index >= 15 is 0 Å². The minimum Gasteiger partial charge on any atom is -0.480 e. The molecule has 84 valence electrons.